The van der Waals surface area contributed by atoms with Gasteiger partial charge in [-0.3, -0.25) is 5.10 Å². The molecule has 0 atom stereocenters. The van der Waals surface area contributed by atoms with Crippen LogP contribution in [0.15, 0.2) is 30.9 Å². The number of halogens is 2. The van der Waals surface area contributed by atoms with E-state index in [1.54, 1.807) is 12.1 Å². The predicted molar refractivity (Wildman–Crippen MR) is 93.5 cm³/mol. The Kier molecular flexibility index (Phi) is 10.9. The Morgan fingerprint density at radius 3 is 2.18 bits per heavy atom. The molecule has 0 saturated carbocycles. The molecule has 4 nitrogen and oxygen atoms in total. The smallest absolute Gasteiger partial charge is 0.137 e. The first-order valence-electron chi connectivity index (χ1n) is 7.04. The number of rotatable bonds is 2. The molecular weight excluding hydrogens is 321 g/mol. The van der Waals surface area contributed by atoms with Gasteiger partial charge >= 0.3 is 0 Å². The summed E-state index contributed by atoms with van der Waals surface area (Å²) < 4.78 is 5.20. The Bertz CT molecular complexity index is 479. The van der Waals surface area contributed by atoms with Gasteiger partial charge in [-0.1, -0.05) is 44.0 Å². The molecule has 0 bridgehead atoms. The van der Waals surface area contributed by atoms with Crippen molar-refractivity contribution < 1.29 is 4.74 Å². The van der Waals surface area contributed by atoms with E-state index in [9.17, 15) is 0 Å². The summed E-state index contributed by atoms with van der Waals surface area (Å²) in [6, 6.07) is 5.40. The van der Waals surface area contributed by atoms with Gasteiger partial charge < -0.3 is 4.74 Å². The van der Waals surface area contributed by atoms with Crippen molar-refractivity contribution in [3.8, 4) is 0 Å². The molecule has 0 aliphatic heterocycles. The van der Waals surface area contributed by atoms with Crippen molar-refractivity contribution in [2.45, 2.75) is 34.6 Å². The van der Waals surface area contributed by atoms with Gasteiger partial charge in [0.2, 0.25) is 0 Å². The second-order valence-corrected chi connectivity index (χ2v) is 6.59. The molecule has 2 rings (SSSR count). The van der Waals surface area contributed by atoms with Gasteiger partial charge in [-0.2, -0.15) is 5.10 Å². The number of hydrogen-bond donors (Lipinski definition) is 1. The Hall–Kier alpha value is -1.10. The van der Waals surface area contributed by atoms with Crippen LogP contribution in [0.2, 0.25) is 10.0 Å². The maximum absolute atomic E-state index is 5.72. The first-order chi connectivity index (χ1) is 10.3. The number of aryl methyl sites for hydroxylation is 1. The van der Waals surface area contributed by atoms with E-state index in [1.165, 1.54) is 12.7 Å². The minimum Gasteiger partial charge on any atom is -0.381 e. The number of aromatic amines is 1. The standard InChI is InChI=1S/C7H6Cl2.C7H16O.C2H3N3/c1-5-4-6(8)2-3-7(5)9;1-5-8-6-7(2,3)4;1-3-2-5-4-1/h2-4H,1H3;5-6H2,1-4H3;1-2H,(H,3,4,5). The second-order valence-electron chi connectivity index (χ2n) is 5.74. The van der Waals surface area contributed by atoms with Crippen LogP contribution in [-0.4, -0.2) is 28.4 Å². The van der Waals surface area contributed by atoms with Crippen LogP contribution in [0.5, 0.6) is 0 Å². The van der Waals surface area contributed by atoms with Gasteiger partial charge in [0, 0.05) is 16.7 Å². The summed E-state index contributed by atoms with van der Waals surface area (Å²) in [5.41, 5.74) is 1.35. The van der Waals surface area contributed by atoms with Crippen molar-refractivity contribution in [3.63, 3.8) is 0 Å². The fraction of sp³-hybridized carbons (Fsp3) is 0.500. The van der Waals surface area contributed by atoms with Crippen molar-refractivity contribution >= 4 is 23.2 Å². The van der Waals surface area contributed by atoms with E-state index in [0.29, 0.717) is 5.41 Å². The van der Waals surface area contributed by atoms with Gasteiger partial charge in [-0.05, 0) is 43.0 Å². The lowest BCUT2D eigenvalue weighted by atomic mass is 9.99. The summed E-state index contributed by atoms with van der Waals surface area (Å²) in [4.78, 5) is 3.56. The van der Waals surface area contributed by atoms with Gasteiger partial charge in [0.1, 0.15) is 12.7 Å². The average Bonchev–Trinajstić information content (AvgIpc) is 3.00. The first-order valence-corrected chi connectivity index (χ1v) is 7.80. The molecule has 124 valence electrons. The van der Waals surface area contributed by atoms with Crippen LogP contribution in [-0.2, 0) is 4.74 Å². The van der Waals surface area contributed by atoms with Gasteiger partial charge in [-0.15, -0.1) is 0 Å². The van der Waals surface area contributed by atoms with Crippen LogP contribution in [0.4, 0.5) is 0 Å². The van der Waals surface area contributed by atoms with E-state index < -0.39 is 0 Å². The molecule has 0 amide bonds. The fourth-order valence-electron chi connectivity index (χ4n) is 1.18. The SMILES string of the molecule is CCOCC(C)(C)C.Cc1cc(Cl)ccc1Cl.c1nc[nH]n1. The second kappa shape index (κ2) is 11.5. The topological polar surface area (TPSA) is 50.8 Å². The van der Waals surface area contributed by atoms with Gasteiger partial charge in [0.05, 0.1) is 6.61 Å². The lowest BCUT2D eigenvalue weighted by Crippen LogP contribution is -2.14. The van der Waals surface area contributed by atoms with E-state index in [-0.39, 0.29) is 0 Å². The number of H-pyrrole nitrogens is 1. The molecule has 0 saturated heterocycles. The third-order valence-corrected chi connectivity index (χ3v) is 2.85. The molecule has 0 spiro atoms. The average molecular weight is 346 g/mol. The molecule has 0 unspecified atom stereocenters. The van der Waals surface area contributed by atoms with Gasteiger partial charge in [0.25, 0.3) is 0 Å². The molecule has 1 heterocycles. The minimum atomic E-state index is 0.329. The molecule has 22 heavy (non-hydrogen) atoms. The lowest BCUT2D eigenvalue weighted by Gasteiger charge is -2.16. The highest BCUT2D eigenvalue weighted by Gasteiger charge is 2.08. The number of aromatic nitrogens is 3. The molecule has 2 aromatic rings. The monoisotopic (exact) mass is 345 g/mol. The quantitative estimate of drug-likeness (QED) is 0.815. The zero-order valence-electron chi connectivity index (χ0n) is 13.9. The summed E-state index contributed by atoms with van der Waals surface area (Å²) in [5.74, 6) is 0. The van der Waals surface area contributed by atoms with Crippen molar-refractivity contribution in [1.82, 2.24) is 15.2 Å². The van der Waals surface area contributed by atoms with E-state index in [1.807, 2.05) is 19.9 Å². The molecule has 1 N–H and O–H groups in total. The Morgan fingerprint density at radius 2 is 1.91 bits per heavy atom. The summed E-state index contributed by atoms with van der Waals surface area (Å²) in [6.07, 6.45) is 2.96. The van der Waals surface area contributed by atoms with Gasteiger partial charge in [0.15, 0.2) is 0 Å². The maximum atomic E-state index is 5.72. The molecule has 6 heteroatoms. The molecule has 0 aliphatic rings. The highest BCUT2D eigenvalue weighted by atomic mass is 35.5. The summed E-state index contributed by atoms with van der Waals surface area (Å²) in [6.45, 7) is 12.1. The number of benzene rings is 1. The third-order valence-electron chi connectivity index (χ3n) is 2.19. The Morgan fingerprint density at radius 1 is 1.23 bits per heavy atom. The van der Waals surface area contributed by atoms with Crippen LogP contribution in [0.25, 0.3) is 0 Å². The fourth-order valence-corrected chi connectivity index (χ4v) is 1.53. The lowest BCUT2D eigenvalue weighted by molar-refractivity contribution is 0.0805. The number of nitrogens with one attached hydrogen (secondary N) is 1. The zero-order valence-corrected chi connectivity index (χ0v) is 15.4. The normalized spacial score (nSPS) is 10.1. The summed E-state index contributed by atoms with van der Waals surface area (Å²) in [7, 11) is 0. The van der Waals surface area contributed by atoms with E-state index in [4.69, 9.17) is 27.9 Å². The number of nitrogens with zero attached hydrogens (tertiary/aromatic N) is 2. The van der Waals surface area contributed by atoms with Crippen LogP contribution < -0.4 is 0 Å². The van der Waals surface area contributed by atoms with E-state index in [2.05, 4.69) is 36.0 Å². The molecule has 1 aromatic carbocycles. The summed E-state index contributed by atoms with van der Waals surface area (Å²) >= 11 is 11.4. The zero-order chi connectivity index (χ0) is 17.0. The minimum absolute atomic E-state index is 0.329. The molecule has 0 fully saturated rings. The number of ether oxygens (including phenoxy) is 1. The van der Waals surface area contributed by atoms with Crippen molar-refractivity contribution in [2.24, 2.45) is 5.41 Å². The van der Waals surface area contributed by atoms with E-state index in [0.717, 1.165) is 28.8 Å². The van der Waals surface area contributed by atoms with Crippen molar-refractivity contribution in [2.75, 3.05) is 13.2 Å². The van der Waals surface area contributed by atoms with Crippen LogP contribution in [0.1, 0.15) is 33.3 Å². The van der Waals surface area contributed by atoms with E-state index >= 15 is 0 Å². The highest BCUT2D eigenvalue weighted by molar-refractivity contribution is 6.33. The third kappa shape index (κ3) is 12.6. The first kappa shape index (κ1) is 20.9. The predicted octanol–water partition coefficient (Wildman–Crippen LogP) is 5.18. The van der Waals surface area contributed by atoms with Crippen LogP contribution in [0.3, 0.4) is 0 Å². The molecule has 1 aromatic heterocycles. The molecule has 0 aliphatic carbocycles. The largest absolute Gasteiger partial charge is 0.381 e. The maximum Gasteiger partial charge on any atom is 0.137 e. The Labute approximate surface area is 143 Å². The van der Waals surface area contributed by atoms with Crippen molar-refractivity contribution in [3.05, 3.63) is 46.5 Å². The van der Waals surface area contributed by atoms with Gasteiger partial charge in [-0.25, -0.2) is 4.98 Å². The molecular formula is C16H25Cl2N3O. The Balaban J connectivity index is 0.000000312. The summed E-state index contributed by atoms with van der Waals surface area (Å²) in [5, 5.41) is 7.48. The van der Waals surface area contributed by atoms with Crippen molar-refractivity contribution in [1.29, 1.82) is 0 Å². The highest BCUT2D eigenvalue weighted by Crippen LogP contribution is 2.18. The van der Waals surface area contributed by atoms with Crippen LogP contribution >= 0.6 is 23.2 Å². The van der Waals surface area contributed by atoms with Crippen LogP contribution in [0, 0.1) is 12.3 Å². The number of hydrogen-bond acceptors (Lipinski definition) is 3. The molecule has 0 radical (unpaired) electrons.